The lowest BCUT2D eigenvalue weighted by molar-refractivity contribution is 0.598. The average Bonchev–Trinajstić information content (AvgIpc) is 2.29. The van der Waals surface area contributed by atoms with Crippen molar-refractivity contribution in [2.75, 3.05) is 28.7 Å². The molecule has 7 heteroatoms. The summed E-state index contributed by atoms with van der Waals surface area (Å²) in [7, 11) is -3.69. The van der Waals surface area contributed by atoms with E-state index in [4.69, 9.17) is 10.9 Å². The van der Waals surface area contributed by atoms with Gasteiger partial charge in [-0.05, 0) is 25.1 Å². The first-order chi connectivity index (χ1) is 8.39. The van der Waals surface area contributed by atoms with Crippen molar-refractivity contribution < 1.29 is 8.42 Å². The minimum Gasteiger partial charge on any atom is -0.397 e. The van der Waals surface area contributed by atoms with Crippen molar-refractivity contribution in [1.82, 2.24) is 0 Å². The molecular formula is C11H17N3O2S2. The molecule has 0 saturated carbocycles. The van der Waals surface area contributed by atoms with Crippen LogP contribution in [0, 0.1) is 0 Å². The van der Waals surface area contributed by atoms with Crippen LogP contribution in [0.15, 0.2) is 23.1 Å². The Labute approximate surface area is 112 Å². The van der Waals surface area contributed by atoms with Gasteiger partial charge >= 0.3 is 0 Å². The van der Waals surface area contributed by atoms with Gasteiger partial charge in [0.15, 0.2) is 0 Å². The highest BCUT2D eigenvalue weighted by Gasteiger charge is 2.21. The molecule has 1 fully saturated rings. The van der Waals surface area contributed by atoms with Crippen molar-refractivity contribution in [2.45, 2.75) is 17.9 Å². The second-order valence-electron chi connectivity index (χ2n) is 4.38. The van der Waals surface area contributed by atoms with Gasteiger partial charge in [-0.1, -0.05) is 0 Å². The summed E-state index contributed by atoms with van der Waals surface area (Å²) >= 11 is 1.92. The lowest BCUT2D eigenvalue weighted by Crippen LogP contribution is -2.40. The third-order valence-electron chi connectivity index (χ3n) is 3.00. The van der Waals surface area contributed by atoms with Crippen LogP contribution in [0.25, 0.3) is 0 Å². The summed E-state index contributed by atoms with van der Waals surface area (Å²) in [5.41, 5.74) is 7.29. The van der Waals surface area contributed by atoms with E-state index in [-0.39, 0.29) is 4.90 Å². The van der Waals surface area contributed by atoms with Gasteiger partial charge in [0, 0.05) is 24.1 Å². The first kappa shape index (κ1) is 13.5. The maximum absolute atomic E-state index is 11.2. The molecule has 5 nitrogen and oxygen atoms in total. The lowest BCUT2D eigenvalue weighted by atomic mass is 10.2. The number of nitrogens with zero attached hydrogens (tertiary/aromatic N) is 1. The number of hydrogen-bond acceptors (Lipinski definition) is 5. The molecule has 1 saturated heterocycles. The lowest BCUT2D eigenvalue weighted by Gasteiger charge is -2.35. The van der Waals surface area contributed by atoms with Gasteiger partial charge in [0.2, 0.25) is 10.0 Å². The van der Waals surface area contributed by atoms with Crippen molar-refractivity contribution in [1.29, 1.82) is 0 Å². The van der Waals surface area contributed by atoms with Crippen LogP contribution in [0.4, 0.5) is 11.4 Å². The number of nitrogens with two attached hydrogens (primary N) is 2. The molecule has 1 heterocycles. The molecule has 0 amide bonds. The fourth-order valence-corrected chi connectivity index (χ4v) is 3.62. The maximum atomic E-state index is 11.2. The van der Waals surface area contributed by atoms with Crippen LogP contribution in [0.5, 0.6) is 0 Å². The number of thioether (sulfide) groups is 1. The van der Waals surface area contributed by atoms with Crippen molar-refractivity contribution >= 4 is 33.2 Å². The average molecular weight is 287 g/mol. The molecule has 1 aliphatic rings. The molecule has 1 aromatic rings. The van der Waals surface area contributed by atoms with E-state index >= 15 is 0 Å². The first-order valence-corrected chi connectivity index (χ1v) is 8.36. The van der Waals surface area contributed by atoms with Gasteiger partial charge in [-0.3, -0.25) is 0 Å². The minimum absolute atomic E-state index is 0.0581. The van der Waals surface area contributed by atoms with Crippen LogP contribution < -0.4 is 15.8 Å². The molecule has 0 aliphatic carbocycles. The van der Waals surface area contributed by atoms with Gasteiger partial charge in [0.25, 0.3) is 0 Å². The predicted octanol–water partition coefficient (Wildman–Crippen LogP) is 0.858. The van der Waals surface area contributed by atoms with Crippen molar-refractivity contribution in [3.8, 4) is 0 Å². The Morgan fingerprint density at radius 2 is 2.17 bits per heavy atom. The molecule has 2 rings (SSSR count). The zero-order valence-electron chi connectivity index (χ0n) is 10.2. The first-order valence-electron chi connectivity index (χ1n) is 5.66. The van der Waals surface area contributed by atoms with Gasteiger partial charge < -0.3 is 10.6 Å². The quantitative estimate of drug-likeness (QED) is 0.787. The maximum Gasteiger partial charge on any atom is 0.238 e. The van der Waals surface area contributed by atoms with Crippen molar-refractivity contribution in [3.63, 3.8) is 0 Å². The molecule has 0 radical (unpaired) electrons. The standard InChI is InChI=1S/C11H17N3O2S2/c1-8-7-17-5-4-14(8)11-3-2-9(6-10(11)12)18(13,15)16/h2-3,6,8H,4-5,7,12H2,1H3,(H2,13,15,16). The van der Waals surface area contributed by atoms with E-state index in [1.807, 2.05) is 11.8 Å². The van der Waals surface area contributed by atoms with Crippen LogP contribution >= 0.6 is 11.8 Å². The minimum atomic E-state index is -3.69. The number of benzene rings is 1. The number of hydrogen-bond donors (Lipinski definition) is 2. The van der Waals surface area contributed by atoms with Gasteiger partial charge in [0.05, 0.1) is 16.3 Å². The smallest absolute Gasteiger partial charge is 0.238 e. The molecule has 1 aromatic carbocycles. The van der Waals surface area contributed by atoms with E-state index in [2.05, 4.69) is 11.8 Å². The summed E-state index contributed by atoms with van der Waals surface area (Å²) < 4.78 is 22.5. The molecule has 0 aromatic heterocycles. The molecule has 4 N–H and O–H groups in total. The number of anilines is 2. The zero-order valence-corrected chi connectivity index (χ0v) is 11.8. The second-order valence-corrected chi connectivity index (χ2v) is 7.09. The highest BCUT2D eigenvalue weighted by molar-refractivity contribution is 7.99. The molecule has 1 atom stereocenters. The third-order valence-corrected chi connectivity index (χ3v) is 5.10. The van der Waals surface area contributed by atoms with Crippen molar-refractivity contribution in [3.05, 3.63) is 18.2 Å². The van der Waals surface area contributed by atoms with Gasteiger partial charge in [-0.2, -0.15) is 11.8 Å². The van der Waals surface area contributed by atoms with E-state index in [9.17, 15) is 8.42 Å². The topological polar surface area (TPSA) is 89.4 Å². The Morgan fingerprint density at radius 3 is 2.72 bits per heavy atom. The SMILES string of the molecule is CC1CSCCN1c1ccc(S(N)(=O)=O)cc1N. The summed E-state index contributed by atoms with van der Waals surface area (Å²) in [5.74, 6) is 2.11. The van der Waals surface area contributed by atoms with Crippen molar-refractivity contribution in [2.24, 2.45) is 5.14 Å². The Bertz CT molecular complexity index is 545. The summed E-state index contributed by atoms with van der Waals surface area (Å²) in [4.78, 5) is 2.27. The van der Waals surface area contributed by atoms with Crippen LogP contribution in [0.2, 0.25) is 0 Å². The van der Waals surface area contributed by atoms with Crippen LogP contribution in [0.1, 0.15) is 6.92 Å². The van der Waals surface area contributed by atoms with E-state index in [0.29, 0.717) is 11.7 Å². The van der Waals surface area contributed by atoms with Crippen LogP contribution in [-0.2, 0) is 10.0 Å². The summed E-state index contributed by atoms with van der Waals surface area (Å²) in [5, 5.41) is 5.08. The highest BCUT2D eigenvalue weighted by atomic mass is 32.2. The largest absolute Gasteiger partial charge is 0.397 e. The number of primary sulfonamides is 1. The number of sulfonamides is 1. The molecule has 1 unspecified atom stereocenters. The second kappa shape index (κ2) is 4.99. The zero-order chi connectivity index (χ0) is 13.3. The van der Waals surface area contributed by atoms with E-state index in [1.165, 1.54) is 12.1 Å². The molecular weight excluding hydrogens is 270 g/mol. The Kier molecular flexibility index (Phi) is 3.74. The van der Waals surface area contributed by atoms with Gasteiger partial charge in [0.1, 0.15) is 0 Å². The van der Waals surface area contributed by atoms with E-state index < -0.39 is 10.0 Å². The summed E-state index contributed by atoms with van der Waals surface area (Å²) in [6.45, 7) is 3.06. The molecule has 100 valence electrons. The number of nitrogen functional groups attached to an aromatic ring is 1. The monoisotopic (exact) mass is 287 g/mol. The van der Waals surface area contributed by atoms with Crippen LogP contribution in [-0.4, -0.2) is 32.5 Å². The highest BCUT2D eigenvalue weighted by Crippen LogP contribution is 2.30. The van der Waals surface area contributed by atoms with E-state index in [0.717, 1.165) is 23.7 Å². The number of rotatable bonds is 2. The molecule has 0 spiro atoms. The fraction of sp³-hybridized carbons (Fsp3) is 0.455. The molecule has 1 aliphatic heterocycles. The molecule has 0 bridgehead atoms. The fourth-order valence-electron chi connectivity index (χ4n) is 2.06. The Balaban J connectivity index is 2.35. The predicted molar refractivity (Wildman–Crippen MR) is 76.4 cm³/mol. The normalized spacial score (nSPS) is 21.0. The van der Waals surface area contributed by atoms with Gasteiger partial charge in [-0.25, -0.2) is 13.6 Å². The third kappa shape index (κ3) is 2.73. The molecule has 18 heavy (non-hydrogen) atoms. The Morgan fingerprint density at radius 1 is 1.44 bits per heavy atom. The van der Waals surface area contributed by atoms with E-state index in [1.54, 1.807) is 6.07 Å². The summed E-state index contributed by atoms with van der Waals surface area (Å²) in [6, 6.07) is 5.07. The Hall–Kier alpha value is -0.920. The van der Waals surface area contributed by atoms with Gasteiger partial charge in [-0.15, -0.1) is 0 Å². The van der Waals surface area contributed by atoms with Crippen LogP contribution in [0.3, 0.4) is 0 Å². The summed E-state index contributed by atoms with van der Waals surface area (Å²) in [6.07, 6.45) is 0.